The van der Waals surface area contributed by atoms with Crippen molar-refractivity contribution in [2.45, 2.75) is 63.7 Å². The number of rotatable bonds is 9. The molecule has 5 nitrogen and oxygen atoms in total. The standard InChI is InChI=1S/C29H37F4N5/c1-19(35-27-18-34-36-21(3)28(27)29(31,32)33)5-8-24-11-16-38(22(24)4)26-12-14-37(15-13-26)20(2)17-23-6-9-25(30)10-7-23/h6-7,9-10,18-19,24,26,35-36H,2-5,8,11-17H2,1H3. The first-order valence-electron chi connectivity index (χ1n) is 13.2. The van der Waals surface area contributed by atoms with Gasteiger partial charge in [0.25, 0.3) is 0 Å². The second kappa shape index (κ2) is 11.7. The number of alkyl halides is 3. The fourth-order valence-electron chi connectivity index (χ4n) is 5.69. The van der Waals surface area contributed by atoms with Crippen LogP contribution in [0.2, 0.25) is 0 Å². The van der Waals surface area contributed by atoms with Gasteiger partial charge in [0, 0.05) is 55.5 Å². The summed E-state index contributed by atoms with van der Waals surface area (Å²) in [4.78, 5) is 4.77. The monoisotopic (exact) mass is 531 g/mol. The highest BCUT2D eigenvalue weighted by Gasteiger charge is 2.40. The zero-order valence-corrected chi connectivity index (χ0v) is 22.0. The molecule has 0 radical (unpaired) electrons. The van der Waals surface area contributed by atoms with Crippen molar-refractivity contribution >= 4 is 6.21 Å². The van der Waals surface area contributed by atoms with Crippen LogP contribution in [-0.4, -0.2) is 53.9 Å². The molecular formula is C29H37F4N5. The summed E-state index contributed by atoms with van der Waals surface area (Å²) in [5.41, 5.74) is 4.46. The number of halogens is 4. The van der Waals surface area contributed by atoms with E-state index in [1.54, 1.807) is 12.1 Å². The Morgan fingerprint density at radius 1 is 1.13 bits per heavy atom. The maximum Gasteiger partial charge on any atom is 0.420 e. The van der Waals surface area contributed by atoms with Crippen LogP contribution in [0.4, 0.5) is 17.6 Å². The lowest BCUT2D eigenvalue weighted by atomic mass is 9.96. The second-order valence-electron chi connectivity index (χ2n) is 10.5. The van der Waals surface area contributed by atoms with Crippen LogP contribution in [0.25, 0.3) is 0 Å². The minimum Gasteiger partial charge on any atom is -0.381 e. The Balaban J connectivity index is 1.23. The average Bonchev–Trinajstić information content (AvgIpc) is 3.23. The molecule has 1 aromatic rings. The molecule has 3 aliphatic heterocycles. The van der Waals surface area contributed by atoms with Gasteiger partial charge in [-0.25, -0.2) is 4.39 Å². The van der Waals surface area contributed by atoms with Gasteiger partial charge in [-0.1, -0.05) is 31.9 Å². The summed E-state index contributed by atoms with van der Waals surface area (Å²) < 4.78 is 53.6. The summed E-state index contributed by atoms with van der Waals surface area (Å²) in [5.74, 6) is 0.101. The molecular weight excluding hydrogens is 494 g/mol. The van der Waals surface area contributed by atoms with Crippen molar-refractivity contribution in [3.05, 3.63) is 83.7 Å². The highest BCUT2D eigenvalue weighted by atomic mass is 19.4. The molecule has 2 atom stereocenters. The topological polar surface area (TPSA) is 42.9 Å². The molecule has 1 aromatic carbocycles. The molecule has 0 aromatic heterocycles. The van der Waals surface area contributed by atoms with Gasteiger partial charge in [-0.05, 0) is 56.7 Å². The third-order valence-corrected chi connectivity index (χ3v) is 7.83. The van der Waals surface area contributed by atoms with Crippen molar-refractivity contribution in [3.8, 4) is 0 Å². The van der Waals surface area contributed by atoms with Crippen LogP contribution in [0.1, 0.15) is 44.6 Å². The maximum absolute atomic E-state index is 13.5. The van der Waals surface area contributed by atoms with Crippen LogP contribution >= 0.6 is 0 Å². The van der Waals surface area contributed by atoms with Gasteiger partial charge in [0.05, 0.1) is 17.6 Å². The third-order valence-electron chi connectivity index (χ3n) is 7.83. The van der Waals surface area contributed by atoms with Crippen molar-refractivity contribution in [2.75, 3.05) is 19.6 Å². The summed E-state index contributed by atoms with van der Waals surface area (Å²) in [7, 11) is 0. The number of hydrogen-bond donors (Lipinski definition) is 2. The normalized spacial score (nSPS) is 21.7. The fraction of sp³-hybridized carbons (Fsp3) is 0.483. The van der Waals surface area contributed by atoms with E-state index in [9.17, 15) is 17.6 Å². The van der Waals surface area contributed by atoms with E-state index >= 15 is 0 Å². The van der Waals surface area contributed by atoms with E-state index < -0.39 is 11.7 Å². The molecule has 38 heavy (non-hydrogen) atoms. The number of hydrogen-bond acceptors (Lipinski definition) is 5. The first-order valence-corrected chi connectivity index (χ1v) is 13.2. The molecule has 3 aliphatic rings. The van der Waals surface area contributed by atoms with Gasteiger partial charge < -0.3 is 15.1 Å². The minimum atomic E-state index is -4.51. The van der Waals surface area contributed by atoms with Crippen LogP contribution < -0.4 is 10.7 Å². The quantitative estimate of drug-likeness (QED) is 0.392. The van der Waals surface area contributed by atoms with Gasteiger partial charge in [-0.15, -0.1) is 0 Å². The largest absolute Gasteiger partial charge is 0.420 e. The van der Waals surface area contributed by atoms with E-state index in [1.165, 1.54) is 18.3 Å². The van der Waals surface area contributed by atoms with Crippen molar-refractivity contribution in [3.63, 3.8) is 0 Å². The van der Waals surface area contributed by atoms with Gasteiger partial charge in [0.2, 0.25) is 0 Å². The molecule has 206 valence electrons. The molecule has 0 spiro atoms. The molecule has 2 fully saturated rings. The number of nitrogens with zero attached hydrogens (tertiary/aromatic N) is 3. The summed E-state index contributed by atoms with van der Waals surface area (Å²) in [5, 5.41) is 6.76. The molecule has 3 heterocycles. The SMILES string of the molecule is C=C1NN=CC(NC(C)CCC2CCN(C3CCN(C(=C)Cc4ccc(F)cc4)CC3)C2=C)=C1C(F)(F)F. The molecule has 0 amide bonds. The summed E-state index contributed by atoms with van der Waals surface area (Å²) >= 11 is 0. The van der Waals surface area contributed by atoms with Crippen LogP contribution in [0.3, 0.4) is 0 Å². The summed E-state index contributed by atoms with van der Waals surface area (Å²) in [6, 6.07) is 6.86. The van der Waals surface area contributed by atoms with Crippen LogP contribution in [-0.2, 0) is 6.42 Å². The Morgan fingerprint density at radius 3 is 2.47 bits per heavy atom. The number of likely N-dealkylation sites (tertiary alicyclic amines) is 2. The lowest BCUT2D eigenvalue weighted by Gasteiger charge is -2.40. The zero-order chi connectivity index (χ0) is 27.4. The van der Waals surface area contributed by atoms with Gasteiger partial charge >= 0.3 is 6.18 Å². The number of benzene rings is 1. The zero-order valence-electron chi connectivity index (χ0n) is 22.0. The summed E-state index contributed by atoms with van der Waals surface area (Å²) in [6.45, 7) is 16.8. The average molecular weight is 532 g/mol. The maximum atomic E-state index is 13.5. The molecule has 0 bridgehead atoms. The van der Waals surface area contributed by atoms with Crippen LogP contribution in [0.5, 0.6) is 0 Å². The molecule has 2 N–H and O–H groups in total. The lowest BCUT2D eigenvalue weighted by molar-refractivity contribution is -0.0907. The first kappa shape index (κ1) is 27.8. The van der Waals surface area contributed by atoms with Crippen molar-refractivity contribution in [1.82, 2.24) is 20.5 Å². The van der Waals surface area contributed by atoms with E-state index in [-0.39, 0.29) is 23.3 Å². The predicted octanol–water partition coefficient (Wildman–Crippen LogP) is 5.86. The predicted molar refractivity (Wildman–Crippen MR) is 143 cm³/mol. The fourth-order valence-corrected chi connectivity index (χ4v) is 5.69. The lowest BCUT2D eigenvalue weighted by Crippen LogP contribution is -2.43. The Bertz CT molecular complexity index is 1100. The molecule has 2 unspecified atom stereocenters. The Hall–Kier alpha value is -3.23. The minimum absolute atomic E-state index is 0.0478. The van der Waals surface area contributed by atoms with Gasteiger partial charge in [0.1, 0.15) is 11.4 Å². The highest BCUT2D eigenvalue weighted by Crippen LogP contribution is 2.36. The van der Waals surface area contributed by atoms with Crippen molar-refractivity contribution in [2.24, 2.45) is 11.0 Å². The Kier molecular flexibility index (Phi) is 8.53. The number of nitrogens with one attached hydrogen (secondary N) is 2. The van der Waals surface area contributed by atoms with Crippen molar-refractivity contribution < 1.29 is 17.6 Å². The van der Waals surface area contributed by atoms with E-state index in [0.29, 0.717) is 18.4 Å². The molecule has 4 rings (SSSR count). The molecule has 9 heteroatoms. The van der Waals surface area contributed by atoms with Gasteiger partial charge in [0.15, 0.2) is 0 Å². The van der Waals surface area contributed by atoms with Crippen molar-refractivity contribution in [1.29, 1.82) is 0 Å². The van der Waals surface area contributed by atoms with Crippen LogP contribution in [0.15, 0.2) is 77.5 Å². The van der Waals surface area contributed by atoms with E-state index in [2.05, 4.69) is 45.4 Å². The molecule has 0 saturated carbocycles. The van der Waals surface area contributed by atoms with E-state index in [4.69, 9.17) is 0 Å². The van der Waals surface area contributed by atoms with Crippen LogP contribution in [0, 0.1) is 11.7 Å². The second-order valence-corrected chi connectivity index (χ2v) is 10.5. The third kappa shape index (κ3) is 6.60. The van der Waals surface area contributed by atoms with E-state index in [0.717, 1.165) is 68.7 Å². The van der Waals surface area contributed by atoms with Gasteiger partial charge in [-0.3, -0.25) is 5.43 Å². The van der Waals surface area contributed by atoms with E-state index in [1.807, 2.05) is 6.92 Å². The number of hydrazone groups is 1. The smallest absolute Gasteiger partial charge is 0.381 e. The number of allylic oxidation sites excluding steroid dienone is 4. The number of piperidine rings is 1. The summed E-state index contributed by atoms with van der Waals surface area (Å²) in [6.07, 6.45) is 2.03. The highest BCUT2D eigenvalue weighted by molar-refractivity contribution is 5.82. The Labute approximate surface area is 222 Å². The molecule has 2 saturated heterocycles. The Morgan fingerprint density at radius 2 is 1.82 bits per heavy atom. The van der Waals surface area contributed by atoms with Gasteiger partial charge in [-0.2, -0.15) is 18.3 Å². The first-order chi connectivity index (χ1) is 18.0. The molecule has 0 aliphatic carbocycles.